The normalized spacial score (nSPS) is 16.1. The molecule has 1 atom stereocenters. The van der Waals surface area contributed by atoms with Gasteiger partial charge in [-0.05, 0) is 57.1 Å². The van der Waals surface area contributed by atoms with Crippen LogP contribution in [0.3, 0.4) is 0 Å². The van der Waals surface area contributed by atoms with Gasteiger partial charge >= 0.3 is 0 Å². The highest BCUT2D eigenvalue weighted by Gasteiger charge is 2.27. The second kappa shape index (κ2) is 7.84. The predicted octanol–water partition coefficient (Wildman–Crippen LogP) is 5.68. The van der Waals surface area contributed by atoms with Gasteiger partial charge in [0.1, 0.15) is 16.4 Å². The van der Waals surface area contributed by atoms with Crippen molar-refractivity contribution in [3.8, 4) is 0 Å². The van der Waals surface area contributed by atoms with E-state index in [0.29, 0.717) is 21.5 Å². The van der Waals surface area contributed by atoms with Crippen molar-refractivity contribution in [3.63, 3.8) is 0 Å². The summed E-state index contributed by atoms with van der Waals surface area (Å²) in [6.07, 6.45) is 2.35. The second-order valence-electron chi connectivity index (χ2n) is 6.80. The fraction of sp³-hybridized carbons (Fsp3) is 0.350. The maximum absolute atomic E-state index is 12.8. The summed E-state index contributed by atoms with van der Waals surface area (Å²) in [6, 6.07) is 9.47. The van der Waals surface area contributed by atoms with Gasteiger partial charge in [-0.25, -0.2) is 0 Å². The van der Waals surface area contributed by atoms with Crippen molar-refractivity contribution < 1.29 is 9.21 Å². The number of amides is 1. The predicted molar refractivity (Wildman–Crippen MR) is 111 cm³/mol. The lowest BCUT2D eigenvalue weighted by molar-refractivity contribution is 0.0938. The fourth-order valence-electron chi connectivity index (χ4n) is 3.55. The first-order valence-electron chi connectivity index (χ1n) is 8.99. The summed E-state index contributed by atoms with van der Waals surface area (Å²) in [5.41, 5.74) is 0. The van der Waals surface area contributed by atoms with Crippen LogP contribution < -0.4 is 5.32 Å². The maximum Gasteiger partial charge on any atom is 0.263 e. The van der Waals surface area contributed by atoms with Crippen molar-refractivity contribution in [2.75, 3.05) is 19.6 Å². The molecule has 27 heavy (non-hydrogen) atoms. The summed E-state index contributed by atoms with van der Waals surface area (Å²) in [5, 5.41) is 5.02. The van der Waals surface area contributed by atoms with Gasteiger partial charge in [-0.3, -0.25) is 9.69 Å². The quantitative estimate of drug-likeness (QED) is 0.575. The zero-order chi connectivity index (χ0) is 19.0. The molecule has 3 heterocycles. The molecule has 0 radical (unpaired) electrons. The molecule has 4 nitrogen and oxygen atoms in total. The van der Waals surface area contributed by atoms with Gasteiger partial charge in [-0.2, -0.15) is 0 Å². The van der Waals surface area contributed by atoms with E-state index in [1.807, 2.05) is 31.2 Å². The molecule has 1 aromatic carbocycles. The van der Waals surface area contributed by atoms with Gasteiger partial charge in [-0.1, -0.05) is 29.3 Å². The summed E-state index contributed by atoms with van der Waals surface area (Å²) in [6.45, 7) is 4.45. The van der Waals surface area contributed by atoms with Gasteiger partial charge in [0.25, 0.3) is 5.91 Å². The number of fused-ring (bicyclic) bond motifs is 1. The number of thiophene rings is 1. The molecule has 1 aliphatic rings. The lowest BCUT2D eigenvalue weighted by Crippen LogP contribution is -2.36. The van der Waals surface area contributed by atoms with Crippen molar-refractivity contribution in [3.05, 3.63) is 56.8 Å². The minimum absolute atomic E-state index is 0.0350. The molecule has 2 aromatic heterocycles. The number of nitrogens with one attached hydrogen (secondary N) is 1. The van der Waals surface area contributed by atoms with Crippen LogP contribution >= 0.6 is 34.5 Å². The Morgan fingerprint density at radius 2 is 2.04 bits per heavy atom. The van der Waals surface area contributed by atoms with Gasteiger partial charge in [0.2, 0.25) is 0 Å². The van der Waals surface area contributed by atoms with Crippen LogP contribution in [-0.2, 0) is 0 Å². The van der Waals surface area contributed by atoms with Crippen LogP contribution in [0.25, 0.3) is 10.1 Å². The number of halogens is 2. The van der Waals surface area contributed by atoms with Gasteiger partial charge in [0.05, 0.1) is 11.1 Å². The molecular weight excluding hydrogens is 403 g/mol. The number of furan rings is 1. The van der Waals surface area contributed by atoms with E-state index >= 15 is 0 Å². The van der Waals surface area contributed by atoms with E-state index in [-0.39, 0.29) is 11.9 Å². The third-order valence-electron chi connectivity index (χ3n) is 4.92. The Bertz CT molecular complexity index is 976. The van der Waals surface area contributed by atoms with Crippen LogP contribution in [0.15, 0.2) is 34.7 Å². The fourth-order valence-corrected chi connectivity index (χ4v) is 5.26. The molecule has 3 aromatic rings. The first-order valence-corrected chi connectivity index (χ1v) is 10.6. The molecule has 7 heteroatoms. The van der Waals surface area contributed by atoms with Gasteiger partial charge < -0.3 is 9.73 Å². The Labute approximate surface area is 172 Å². The van der Waals surface area contributed by atoms with Crippen molar-refractivity contribution >= 4 is 50.5 Å². The maximum atomic E-state index is 12.8. The molecule has 1 amide bonds. The van der Waals surface area contributed by atoms with E-state index in [9.17, 15) is 4.79 Å². The average molecular weight is 423 g/mol. The Hall–Kier alpha value is -1.53. The molecule has 142 valence electrons. The van der Waals surface area contributed by atoms with Crippen LogP contribution in [0.5, 0.6) is 0 Å². The highest BCUT2D eigenvalue weighted by molar-refractivity contribution is 7.21. The van der Waals surface area contributed by atoms with E-state index in [1.54, 1.807) is 6.07 Å². The molecule has 1 unspecified atom stereocenters. The Balaban J connectivity index is 1.53. The number of hydrogen-bond acceptors (Lipinski definition) is 4. The zero-order valence-electron chi connectivity index (χ0n) is 14.9. The molecule has 4 rings (SSSR count). The van der Waals surface area contributed by atoms with Crippen molar-refractivity contribution in [1.29, 1.82) is 0 Å². The zero-order valence-corrected chi connectivity index (χ0v) is 17.3. The number of carbonyl (C=O) groups is 1. The number of rotatable bonds is 5. The highest BCUT2D eigenvalue weighted by atomic mass is 35.5. The topological polar surface area (TPSA) is 45.5 Å². The van der Waals surface area contributed by atoms with Crippen LogP contribution in [0, 0.1) is 6.92 Å². The summed E-state index contributed by atoms with van der Waals surface area (Å²) in [4.78, 5) is 15.7. The SMILES string of the molecule is Cc1ccc(C(CNC(=O)c2sc3cc(Cl)ccc3c2Cl)N2CCCC2)o1. The number of benzene rings is 1. The van der Waals surface area contributed by atoms with Crippen LogP contribution in [-0.4, -0.2) is 30.4 Å². The van der Waals surface area contributed by atoms with Crippen LogP contribution in [0.2, 0.25) is 10.0 Å². The molecule has 0 bridgehead atoms. The van der Waals surface area contributed by atoms with Crippen LogP contribution in [0.1, 0.15) is 40.1 Å². The number of hydrogen-bond donors (Lipinski definition) is 1. The highest BCUT2D eigenvalue weighted by Crippen LogP contribution is 2.36. The first-order chi connectivity index (χ1) is 13.0. The van der Waals surface area contributed by atoms with Gasteiger partial charge in [-0.15, -0.1) is 11.3 Å². The minimum atomic E-state index is -0.162. The summed E-state index contributed by atoms with van der Waals surface area (Å²) < 4.78 is 6.76. The number of nitrogens with zero attached hydrogens (tertiary/aromatic N) is 1. The molecule has 1 aliphatic heterocycles. The third kappa shape index (κ3) is 3.87. The van der Waals surface area contributed by atoms with E-state index in [4.69, 9.17) is 27.6 Å². The number of likely N-dealkylation sites (tertiary alicyclic amines) is 1. The lowest BCUT2D eigenvalue weighted by Gasteiger charge is -2.26. The van der Waals surface area contributed by atoms with E-state index in [2.05, 4.69) is 10.2 Å². The average Bonchev–Trinajstić information content (AvgIpc) is 3.37. The lowest BCUT2D eigenvalue weighted by atomic mass is 10.2. The van der Waals surface area contributed by atoms with Crippen molar-refractivity contribution in [1.82, 2.24) is 10.2 Å². The molecule has 1 saturated heterocycles. The monoisotopic (exact) mass is 422 g/mol. The number of carbonyl (C=O) groups excluding carboxylic acids is 1. The Morgan fingerprint density at radius 3 is 2.74 bits per heavy atom. The third-order valence-corrected chi connectivity index (χ3v) is 6.82. The van der Waals surface area contributed by atoms with Gasteiger partial charge in [0, 0.05) is 21.7 Å². The minimum Gasteiger partial charge on any atom is -0.465 e. The van der Waals surface area contributed by atoms with Crippen LogP contribution in [0.4, 0.5) is 0 Å². The Morgan fingerprint density at radius 1 is 1.26 bits per heavy atom. The smallest absolute Gasteiger partial charge is 0.263 e. The van der Waals surface area contributed by atoms with Crippen molar-refractivity contribution in [2.24, 2.45) is 0 Å². The molecule has 0 aliphatic carbocycles. The summed E-state index contributed by atoms with van der Waals surface area (Å²) in [7, 11) is 0. The van der Waals surface area contributed by atoms with E-state index < -0.39 is 0 Å². The standard InChI is InChI=1S/C20H20Cl2N2O2S/c1-12-4-7-16(26-12)15(24-8-2-3-9-24)11-23-20(25)19-18(22)14-6-5-13(21)10-17(14)27-19/h4-7,10,15H,2-3,8-9,11H2,1H3,(H,23,25). The second-order valence-corrected chi connectivity index (χ2v) is 8.67. The van der Waals surface area contributed by atoms with Gasteiger partial charge in [0.15, 0.2) is 0 Å². The summed E-state index contributed by atoms with van der Waals surface area (Å²) in [5.74, 6) is 1.61. The molecule has 0 saturated carbocycles. The first kappa shape index (κ1) is 18.8. The largest absolute Gasteiger partial charge is 0.465 e. The molecule has 1 N–H and O–H groups in total. The Kier molecular flexibility index (Phi) is 5.46. The van der Waals surface area contributed by atoms with Crippen molar-refractivity contribution in [2.45, 2.75) is 25.8 Å². The molecule has 0 spiro atoms. The molecular formula is C20H20Cl2N2O2S. The molecule has 1 fully saturated rings. The van der Waals surface area contributed by atoms with E-state index in [1.165, 1.54) is 24.2 Å². The number of aryl methyl sites for hydroxylation is 1. The van der Waals surface area contributed by atoms with E-state index in [0.717, 1.165) is 34.7 Å². The summed E-state index contributed by atoms with van der Waals surface area (Å²) >= 11 is 13.9.